The van der Waals surface area contributed by atoms with E-state index in [0.29, 0.717) is 6.42 Å². The molecule has 0 aromatic carbocycles. The number of ether oxygens (including phenoxy) is 2. The van der Waals surface area contributed by atoms with Crippen LogP contribution in [0, 0.1) is 5.41 Å². The maximum Gasteiger partial charge on any atom is 0.410 e. The second kappa shape index (κ2) is 8.41. The number of likely N-dealkylation sites (N-methyl/N-ethyl adjacent to an activating group) is 1. The first-order valence-corrected chi connectivity index (χ1v) is 10.1. The van der Waals surface area contributed by atoms with E-state index < -0.39 is 59.2 Å². The minimum Gasteiger partial charge on any atom is -0.480 e. The molecule has 2 fully saturated rings. The lowest BCUT2D eigenvalue weighted by Crippen LogP contribution is -2.57. The zero-order valence-corrected chi connectivity index (χ0v) is 18.7. The van der Waals surface area contributed by atoms with Gasteiger partial charge >= 0.3 is 12.1 Å². The van der Waals surface area contributed by atoms with E-state index in [9.17, 15) is 24.3 Å². The highest BCUT2D eigenvalue weighted by molar-refractivity contribution is 5.93. The number of carboxylic acids is 1. The molecule has 2 aliphatic rings. The molecule has 0 spiro atoms. The first-order chi connectivity index (χ1) is 13.7. The molecule has 4 atom stereocenters. The quantitative estimate of drug-likeness (QED) is 0.690. The van der Waals surface area contributed by atoms with Crippen LogP contribution in [-0.2, 0) is 23.9 Å². The number of hydrogen-bond acceptors (Lipinski definition) is 6. The van der Waals surface area contributed by atoms with Gasteiger partial charge in [0.05, 0.1) is 6.61 Å². The van der Waals surface area contributed by atoms with Gasteiger partial charge in [0.25, 0.3) is 0 Å². The van der Waals surface area contributed by atoms with Crippen LogP contribution in [0.4, 0.5) is 4.79 Å². The van der Waals surface area contributed by atoms with Crippen molar-refractivity contribution in [2.75, 3.05) is 13.7 Å². The molecule has 2 rings (SSSR count). The number of carboxylic acid groups (broad SMARTS) is 1. The summed E-state index contributed by atoms with van der Waals surface area (Å²) in [5.41, 5.74) is -1.37. The molecule has 10 heteroatoms. The predicted molar refractivity (Wildman–Crippen MR) is 106 cm³/mol. The van der Waals surface area contributed by atoms with Gasteiger partial charge in [-0.05, 0) is 27.7 Å². The molecular formula is C20H33N3O7. The number of carbonyl (C=O) groups is 4. The fraction of sp³-hybridized carbons (Fsp3) is 0.800. The predicted octanol–water partition coefficient (Wildman–Crippen LogP) is 1.18. The Balaban J connectivity index is 2.12. The summed E-state index contributed by atoms with van der Waals surface area (Å²) >= 11 is 0. The number of rotatable bonds is 4. The molecule has 2 saturated heterocycles. The van der Waals surface area contributed by atoms with E-state index in [4.69, 9.17) is 9.47 Å². The molecule has 2 aliphatic heterocycles. The van der Waals surface area contributed by atoms with Crippen LogP contribution in [0.2, 0.25) is 0 Å². The lowest BCUT2D eigenvalue weighted by atomic mass is 9.84. The zero-order valence-electron chi connectivity index (χ0n) is 18.7. The molecule has 0 aliphatic carbocycles. The summed E-state index contributed by atoms with van der Waals surface area (Å²) in [6, 6.07) is -2.87. The van der Waals surface area contributed by atoms with E-state index in [0.717, 1.165) is 4.90 Å². The molecule has 0 aromatic rings. The highest BCUT2D eigenvalue weighted by atomic mass is 16.6. The van der Waals surface area contributed by atoms with Crippen molar-refractivity contribution in [1.29, 1.82) is 0 Å². The molecule has 0 saturated carbocycles. The Bertz CT molecular complexity index is 716. The topological polar surface area (TPSA) is 125 Å². The van der Waals surface area contributed by atoms with Gasteiger partial charge in [-0.2, -0.15) is 0 Å². The van der Waals surface area contributed by atoms with E-state index in [1.807, 2.05) is 0 Å². The van der Waals surface area contributed by atoms with Crippen LogP contribution in [-0.4, -0.2) is 82.4 Å². The van der Waals surface area contributed by atoms with Crippen molar-refractivity contribution >= 4 is 23.9 Å². The number of amides is 3. The highest BCUT2D eigenvalue weighted by Crippen LogP contribution is 2.42. The Hall–Kier alpha value is -2.36. The molecule has 3 amide bonds. The summed E-state index contributed by atoms with van der Waals surface area (Å²) in [6.07, 6.45) is -0.688. The zero-order chi connectivity index (χ0) is 23.0. The van der Waals surface area contributed by atoms with Gasteiger partial charge in [0.1, 0.15) is 30.0 Å². The average Bonchev–Trinajstić information content (AvgIpc) is 2.79. The van der Waals surface area contributed by atoms with Gasteiger partial charge in [-0.25, -0.2) is 9.59 Å². The summed E-state index contributed by atoms with van der Waals surface area (Å²) in [7, 11) is 1.44. The summed E-state index contributed by atoms with van der Waals surface area (Å²) in [4.78, 5) is 52.3. The number of fused-ring (bicyclic) bond motifs is 1. The van der Waals surface area contributed by atoms with Crippen LogP contribution in [0.5, 0.6) is 0 Å². The Labute approximate surface area is 176 Å². The molecule has 0 radical (unpaired) electrons. The van der Waals surface area contributed by atoms with Crippen LogP contribution in [0.15, 0.2) is 0 Å². The molecule has 2 N–H and O–H groups in total. The van der Waals surface area contributed by atoms with E-state index in [1.165, 1.54) is 18.9 Å². The van der Waals surface area contributed by atoms with Gasteiger partial charge in [0, 0.05) is 25.3 Å². The highest BCUT2D eigenvalue weighted by Gasteiger charge is 2.55. The minimum absolute atomic E-state index is 0.205. The summed E-state index contributed by atoms with van der Waals surface area (Å²) in [5, 5.41) is 12.3. The SMILES string of the molecule is CC(C(=O)N[C@H]1CCO[C@H]2CC(C)(C)[C@@H](C(=O)O)N2C1=O)N(C)C(=O)OC(C)(C)C. The van der Waals surface area contributed by atoms with Crippen molar-refractivity contribution in [3.63, 3.8) is 0 Å². The first kappa shape index (κ1) is 23.9. The molecular weight excluding hydrogens is 394 g/mol. The molecule has 10 nitrogen and oxygen atoms in total. The van der Waals surface area contributed by atoms with Crippen molar-refractivity contribution < 1.29 is 33.8 Å². The third-order valence-electron chi connectivity index (χ3n) is 5.49. The minimum atomic E-state index is -1.11. The lowest BCUT2D eigenvalue weighted by molar-refractivity contribution is -0.157. The number of nitrogens with zero attached hydrogens (tertiary/aromatic N) is 2. The smallest absolute Gasteiger partial charge is 0.410 e. The third kappa shape index (κ3) is 5.03. The molecule has 0 bridgehead atoms. The summed E-state index contributed by atoms with van der Waals surface area (Å²) in [6.45, 7) is 10.5. The van der Waals surface area contributed by atoms with Crippen LogP contribution in [0.25, 0.3) is 0 Å². The lowest BCUT2D eigenvalue weighted by Gasteiger charge is -2.32. The van der Waals surface area contributed by atoms with Crippen molar-refractivity contribution in [3.8, 4) is 0 Å². The number of nitrogens with one attached hydrogen (secondary N) is 1. The normalized spacial score (nSPS) is 27.0. The summed E-state index contributed by atoms with van der Waals surface area (Å²) in [5.74, 6) is -2.13. The van der Waals surface area contributed by atoms with Crippen LogP contribution >= 0.6 is 0 Å². The number of aliphatic carboxylic acids is 1. The van der Waals surface area contributed by atoms with Gasteiger partial charge in [-0.15, -0.1) is 0 Å². The van der Waals surface area contributed by atoms with Crippen molar-refractivity contribution in [1.82, 2.24) is 15.1 Å². The van der Waals surface area contributed by atoms with Crippen LogP contribution in [0.1, 0.15) is 54.4 Å². The summed E-state index contributed by atoms with van der Waals surface area (Å²) < 4.78 is 11.0. The van der Waals surface area contributed by atoms with Crippen molar-refractivity contribution in [2.45, 2.75) is 84.3 Å². The number of hydrogen-bond donors (Lipinski definition) is 2. The molecule has 2 heterocycles. The van der Waals surface area contributed by atoms with Crippen LogP contribution < -0.4 is 5.32 Å². The van der Waals surface area contributed by atoms with Crippen molar-refractivity contribution in [3.05, 3.63) is 0 Å². The van der Waals surface area contributed by atoms with Gasteiger partial charge in [0.2, 0.25) is 11.8 Å². The van der Waals surface area contributed by atoms with Crippen LogP contribution in [0.3, 0.4) is 0 Å². The van der Waals surface area contributed by atoms with Gasteiger partial charge in [-0.3, -0.25) is 14.5 Å². The Kier molecular flexibility index (Phi) is 6.70. The van der Waals surface area contributed by atoms with E-state index in [1.54, 1.807) is 34.6 Å². The van der Waals surface area contributed by atoms with E-state index >= 15 is 0 Å². The monoisotopic (exact) mass is 427 g/mol. The standard InChI is InChI=1S/C20H33N3O7/c1-11(22(7)18(28)30-19(2,3)4)15(24)21-12-8-9-29-13-10-20(5,6)14(17(26)27)23(13)16(12)25/h11-14H,8-10H2,1-7H3,(H,21,24)(H,26,27)/t11?,12-,13-,14+/m0/s1. The van der Waals surface area contributed by atoms with Gasteiger partial charge in [0.15, 0.2) is 0 Å². The van der Waals surface area contributed by atoms with Gasteiger partial charge < -0.3 is 24.8 Å². The Morgan fingerprint density at radius 1 is 1.33 bits per heavy atom. The molecule has 30 heavy (non-hydrogen) atoms. The largest absolute Gasteiger partial charge is 0.480 e. The fourth-order valence-corrected chi connectivity index (χ4v) is 3.78. The fourth-order valence-electron chi connectivity index (χ4n) is 3.78. The second-order valence-electron chi connectivity index (χ2n) is 9.62. The maximum absolute atomic E-state index is 13.1. The number of carbonyl (C=O) groups excluding carboxylic acids is 3. The molecule has 0 aromatic heterocycles. The van der Waals surface area contributed by atoms with Crippen molar-refractivity contribution in [2.24, 2.45) is 5.41 Å². The first-order valence-electron chi connectivity index (χ1n) is 10.1. The Morgan fingerprint density at radius 3 is 2.47 bits per heavy atom. The van der Waals surface area contributed by atoms with E-state index in [2.05, 4.69) is 5.32 Å². The van der Waals surface area contributed by atoms with Gasteiger partial charge in [-0.1, -0.05) is 13.8 Å². The third-order valence-corrected chi connectivity index (χ3v) is 5.49. The van der Waals surface area contributed by atoms with E-state index in [-0.39, 0.29) is 13.0 Å². The maximum atomic E-state index is 13.1. The Morgan fingerprint density at radius 2 is 1.93 bits per heavy atom. The average molecular weight is 427 g/mol. The molecule has 1 unspecified atom stereocenters. The second-order valence-corrected chi connectivity index (χ2v) is 9.62. The molecule has 170 valence electrons.